The zero-order valence-electron chi connectivity index (χ0n) is 14.3. The van der Waals surface area contributed by atoms with E-state index in [4.69, 9.17) is 25.6 Å². The van der Waals surface area contributed by atoms with Crippen molar-refractivity contribution in [1.29, 1.82) is 0 Å². The van der Waals surface area contributed by atoms with Crippen LogP contribution in [0.2, 0.25) is 5.02 Å². The predicted octanol–water partition coefficient (Wildman–Crippen LogP) is 4.19. The fraction of sp³-hybridized carbons (Fsp3) is 0.158. The summed E-state index contributed by atoms with van der Waals surface area (Å²) >= 11 is 5.91. The van der Waals surface area contributed by atoms with Crippen molar-refractivity contribution in [2.45, 2.75) is 6.42 Å². The minimum Gasteiger partial charge on any atom is -0.493 e. The van der Waals surface area contributed by atoms with Crippen LogP contribution in [0.3, 0.4) is 0 Å². The zero-order valence-corrected chi connectivity index (χ0v) is 15.0. The van der Waals surface area contributed by atoms with Crippen LogP contribution in [0.1, 0.15) is 5.69 Å². The molecule has 0 fully saturated rings. The Morgan fingerprint density at radius 3 is 2.65 bits per heavy atom. The summed E-state index contributed by atoms with van der Waals surface area (Å²) in [7, 11) is 3.14. The van der Waals surface area contributed by atoms with Gasteiger partial charge in [0, 0.05) is 22.3 Å². The maximum absolute atomic E-state index is 12.2. The Morgan fingerprint density at radius 2 is 1.92 bits per heavy atom. The van der Waals surface area contributed by atoms with E-state index in [0.717, 1.165) is 5.56 Å². The Hall–Kier alpha value is -2.99. The summed E-state index contributed by atoms with van der Waals surface area (Å²) in [5.41, 5.74) is 1.93. The second-order valence-electron chi connectivity index (χ2n) is 5.49. The molecule has 26 heavy (non-hydrogen) atoms. The van der Waals surface area contributed by atoms with Crippen molar-refractivity contribution in [2.75, 3.05) is 19.5 Å². The van der Waals surface area contributed by atoms with E-state index < -0.39 is 0 Å². The standard InChI is InChI=1S/C19H17ClN2O4/c1-24-16-7-6-12(8-18(16)25-2)17-10-15(22-26-17)11-19(23)21-14-5-3-4-13(20)9-14/h3-10H,11H2,1-2H3,(H,21,23). The lowest BCUT2D eigenvalue weighted by Gasteiger charge is -2.07. The fourth-order valence-corrected chi connectivity index (χ4v) is 2.65. The number of carbonyl (C=O) groups is 1. The topological polar surface area (TPSA) is 73.6 Å². The largest absolute Gasteiger partial charge is 0.493 e. The molecule has 7 heteroatoms. The normalized spacial score (nSPS) is 10.4. The summed E-state index contributed by atoms with van der Waals surface area (Å²) in [5.74, 6) is 1.54. The van der Waals surface area contributed by atoms with E-state index in [1.54, 1.807) is 56.7 Å². The highest BCUT2D eigenvalue weighted by Crippen LogP contribution is 2.32. The van der Waals surface area contributed by atoms with Gasteiger partial charge in [-0.15, -0.1) is 0 Å². The van der Waals surface area contributed by atoms with Gasteiger partial charge in [-0.25, -0.2) is 0 Å². The molecule has 1 heterocycles. The second-order valence-corrected chi connectivity index (χ2v) is 5.92. The van der Waals surface area contributed by atoms with Crippen LogP contribution in [-0.4, -0.2) is 25.3 Å². The van der Waals surface area contributed by atoms with E-state index in [9.17, 15) is 4.79 Å². The molecule has 0 saturated heterocycles. The summed E-state index contributed by atoms with van der Waals surface area (Å²) < 4.78 is 15.8. The molecule has 1 amide bonds. The summed E-state index contributed by atoms with van der Waals surface area (Å²) in [6.45, 7) is 0. The molecule has 0 radical (unpaired) electrons. The second kappa shape index (κ2) is 7.93. The third kappa shape index (κ3) is 4.15. The van der Waals surface area contributed by atoms with Crippen molar-refractivity contribution in [3.8, 4) is 22.8 Å². The Balaban J connectivity index is 1.70. The van der Waals surface area contributed by atoms with Gasteiger partial charge in [0.2, 0.25) is 5.91 Å². The average Bonchev–Trinajstić information content (AvgIpc) is 3.09. The Labute approximate surface area is 155 Å². The molecule has 0 saturated carbocycles. The lowest BCUT2D eigenvalue weighted by atomic mass is 10.1. The van der Waals surface area contributed by atoms with Crippen molar-refractivity contribution < 1.29 is 18.8 Å². The monoisotopic (exact) mass is 372 g/mol. The van der Waals surface area contributed by atoms with Crippen LogP contribution in [0.25, 0.3) is 11.3 Å². The van der Waals surface area contributed by atoms with E-state index in [1.807, 2.05) is 6.07 Å². The van der Waals surface area contributed by atoms with Crippen molar-refractivity contribution in [3.05, 3.63) is 59.2 Å². The van der Waals surface area contributed by atoms with Crippen molar-refractivity contribution in [3.63, 3.8) is 0 Å². The van der Waals surface area contributed by atoms with Gasteiger partial charge in [0.05, 0.1) is 26.3 Å². The van der Waals surface area contributed by atoms with Gasteiger partial charge in [-0.05, 0) is 36.4 Å². The molecule has 1 aromatic heterocycles. The molecule has 0 aliphatic rings. The summed E-state index contributed by atoms with van der Waals surface area (Å²) in [4.78, 5) is 12.2. The number of methoxy groups -OCH3 is 2. The molecule has 2 aromatic carbocycles. The molecule has 3 aromatic rings. The minimum atomic E-state index is -0.209. The van der Waals surface area contributed by atoms with Crippen LogP contribution in [0, 0.1) is 0 Å². The lowest BCUT2D eigenvalue weighted by Crippen LogP contribution is -2.14. The maximum atomic E-state index is 12.2. The van der Waals surface area contributed by atoms with E-state index in [-0.39, 0.29) is 12.3 Å². The Bertz CT molecular complexity index is 923. The molecular weight excluding hydrogens is 356 g/mol. The van der Waals surface area contributed by atoms with Gasteiger partial charge in [0.25, 0.3) is 0 Å². The molecule has 0 unspecified atom stereocenters. The van der Waals surface area contributed by atoms with Crippen molar-refractivity contribution in [1.82, 2.24) is 5.16 Å². The molecular formula is C19H17ClN2O4. The van der Waals surface area contributed by atoms with E-state index in [1.165, 1.54) is 0 Å². The molecule has 0 aliphatic heterocycles. The third-order valence-corrected chi connectivity index (χ3v) is 3.91. The number of aromatic nitrogens is 1. The number of rotatable bonds is 6. The zero-order chi connectivity index (χ0) is 18.5. The SMILES string of the molecule is COc1ccc(-c2cc(CC(=O)Nc3cccc(Cl)c3)no2)cc1OC. The van der Waals surface area contributed by atoms with Crippen LogP contribution in [0.5, 0.6) is 11.5 Å². The van der Waals surface area contributed by atoms with E-state index in [0.29, 0.717) is 33.7 Å². The van der Waals surface area contributed by atoms with Gasteiger partial charge in [0.15, 0.2) is 17.3 Å². The van der Waals surface area contributed by atoms with Crippen LogP contribution >= 0.6 is 11.6 Å². The van der Waals surface area contributed by atoms with Gasteiger partial charge in [-0.1, -0.05) is 22.8 Å². The summed E-state index contributed by atoms with van der Waals surface area (Å²) in [6.07, 6.45) is 0.0866. The number of hydrogen-bond acceptors (Lipinski definition) is 5. The number of halogens is 1. The number of ether oxygens (including phenoxy) is 2. The highest BCUT2D eigenvalue weighted by molar-refractivity contribution is 6.30. The predicted molar refractivity (Wildman–Crippen MR) is 98.8 cm³/mol. The highest BCUT2D eigenvalue weighted by Gasteiger charge is 2.13. The number of nitrogens with zero attached hydrogens (tertiary/aromatic N) is 1. The van der Waals surface area contributed by atoms with Gasteiger partial charge < -0.3 is 19.3 Å². The first kappa shape index (κ1) is 17.8. The van der Waals surface area contributed by atoms with Crippen molar-refractivity contribution >= 4 is 23.2 Å². The molecule has 0 atom stereocenters. The van der Waals surface area contributed by atoms with E-state index >= 15 is 0 Å². The van der Waals surface area contributed by atoms with Gasteiger partial charge in [0.1, 0.15) is 0 Å². The quantitative estimate of drug-likeness (QED) is 0.702. The van der Waals surface area contributed by atoms with Crippen LogP contribution < -0.4 is 14.8 Å². The first-order valence-corrected chi connectivity index (χ1v) is 8.20. The smallest absolute Gasteiger partial charge is 0.230 e. The average molecular weight is 373 g/mol. The summed E-state index contributed by atoms with van der Waals surface area (Å²) in [6, 6.07) is 14.1. The first-order valence-electron chi connectivity index (χ1n) is 7.82. The number of amides is 1. The fourth-order valence-electron chi connectivity index (χ4n) is 2.46. The summed E-state index contributed by atoms with van der Waals surface area (Å²) in [5, 5.41) is 7.28. The van der Waals surface area contributed by atoms with Crippen LogP contribution in [0.15, 0.2) is 53.1 Å². The number of carbonyl (C=O) groups excluding carboxylic acids is 1. The van der Waals surface area contributed by atoms with Gasteiger partial charge in [-0.2, -0.15) is 0 Å². The van der Waals surface area contributed by atoms with Crippen LogP contribution in [0.4, 0.5) is 5.69 Å². The number of benzene rings is 2. The molecule has 134 valence electrons. The third-order valence-electron chi connectivity index (χ3n) is 3.68. The molecule has 6 nitrogen and oxygen atoms in total. The molecule has 1 N–H and O–H groups in total. The molecule has 0 spiro atoms. The number of hydrogen-bond donors (Lipinski definition) is 1. The first-order chi connectivity index (χ1) is 12.6. The Morgan fingerprint density at radius 1 is 1.12 bits per heavy atom. The van der Waals surface area contributed by atoms with Crippen molar-refractivity contribution in [2.24, 2.45) is 0 Å². The lowest BCUT2D eigenvalue weighted by molar-refractivity contribution is -0.115. The minimum absolute atomic E-state index is 0.0866. The highest BCUT2D eigenvalue weighted by atomic mass is 35.5. The van der Waals surface area contributed by atoms with Gasteiger partial charge >= 0.3 is 0 Å². The van der Waals surface area contributed by atoms with Crippen LogP contribution in [-0.2, 0) is 11.2 Å². The van der Waals surface area contributed by atoms with Gasteiger partial charge in [-0.3, -0.25) is 4.79 Å². The Kier molecular flexibility index (Phi) is 5.43. The molecule has 3 rings (SSSR count). The number of nitrogens with one attached hydrogen (secondary N) is 1. The maximum Gasteiger partial charge on any atom is 0.230 e. The number of anilines is 1. The molecule has 0 bridgehead atoms. The molecule has 0 aliphatic carbocycles. The van der Waals surface area contributed by atoms with E-state index in [2.05, 4.69) is 10.5 Å².